The van der Waals surface area contributed by atoms with Gasteiger partial charge in [0.25, 0.3) is 0 Å². The summed E-state index contributed by atoms with van der Waals surface area (Å²) in [6, 6.07) is 4.75. The number of carbonyl (C=O) groups excluding carboxylic acids is 1. The fourth-order valence-corrected chi connectivity index (χ4v) is 1.77. The number of hydrogen-bond acceptors (Lipinski definition) is 4. The molecule has 0 atom stereocenters. The fraction of sp³-hybridized carbons (Fsp3) is 0.231. The summed E-state index contributed by atoms with van der Waals surface area (Å²) in [6.07, 6.45) is 3.44. The van der Waals surface area contributed by atoms with E-state index >= 15 is 0 Å². The summed E-state index contributed by atoms with van der Waals surface area (Å²) >= 11 is 1.17. The van der Waals surface area contributed by atoms with Crippen molar-refractivity contribution in [3.8, 4) is 5.75 Å². The molecule has 0 aliphatic carbocycles. The highest BCUT2D eigenvalue weighted by molar-refractivity contribution is 8.13. The van der Waals surface area contributed by atoms with E-state index in [0.717, 1.165) is 0 Å². The van der Waals surface area contributed by atoms with Crippen LogP contribution in [0.3, 0.4) is 0 Å². The third kappa shape index (κ3) is 4.25. The van der Waals surface area contributed by atoms with Crippen LogP contribution in [0.15, 0.2) is 24.3 Å². The van der Waals surface area contributed by atoms with Gasteiger partial charge in [0, 0.05) is 12.7 Å². The Morgan fingerprint density at radius 3 is 2.72 bits per heavy atom. The maximum atomic E-state index is 11.0. The van der Waals surface area contributed by atoms with E-state index in [4.69, 9.17) is 9.84 Å². The molecule has 0 unspecified atom stereocenters. The molecule has 0 heterocycles. The van der Waals surface area contributed by atoms with Gasteiger partial charge in [0.15, 0.2) is 5.12 Å². The molecule has 4 nitrogen and oxygen atoms in total. The molecule has 0 radical (unpaired) electrons. The predicted octanol–water partition coefficient (Wildman–Crippen LogP) is 2.69. The molecular weight excluding hydrogens is 252 g/mol. The first-order valence-electron chi connectivity index (χ1n) is 5.26. The van der Waals surface area contributed by atoms with Gasteiger partial charge in [-0.1, -0.05) is 23.9 Å². The van der Waals surface area contributed by atoms with Gasteiger partial charge in [0.1, 0.15) is 5.75 Å². The van der Waals surface area contributed by atoms with Gasteiger partial charge in [0.2, 0.25) is 0 Å². The van der Waals surface area contributed by atoms with Crippen LogP contribution < -0.4 is 4.74 Å². The van der Waals surface area contributed by atoms with Crippen LogP contribution in [0.25, 0.3) is 6.08 Å². The minimum absolute atomic E-state index is 0.0313. The lowest BCUT2D eigenvalue weighted by Crippen LogP contribution is -1.99. The molecule has 1 aromatic rings. The number of rotatable bonds is 5. The standard InChI is InChI=1S/C13H14O4S/c1-9(14)18-7-3-4-10-8-11(17-2)5-6-12(10)13(15)16/h3-6,8H,7H2,1-2H3,(H,15,16). The average Bonchev–Trinajstić information content (AvgIpc) is 2.33. The number of thioether (sulfide) groups is 1. The summed E-state index contributed by atoms with van der Waals surface area (Å²) in [5.41, 5.74) is 0.769. The molecule has 96 valence electrons. The first kappa shape index (κ1) is 14.3. The van der Waals surface area contributed by atoms with Crippen LogP contribution >= 0.6 is 11.8 Å². The van der Waals surface area contributed by atoms with Crippen molar-refractivity contribution in [3.05, 3.63) is 35.4 Å². The molecule has 0 fully saturated rings. The quantitative estimate of drug-likeness (QED) is 0.887. The van der Waals surface area contributed by atoms with Crippen molar-refractivity contribution >= 4 is 28.9 Å². The van der Waals surface area contributed by atoms with Gasteiger partial charge in [-0.25, -0.2) is 4.79 Å². The van der Waals surface area contributed by atoms with Crippen molar-refractivity contribution in [1.82, 2.24) is 0 Å². The maximum Gasteiger partial charge on any atom is 0.336 e. The second kappa shape index (κ2) is 6.86. The lowest BCUT2D eigenvalue weighted by atomic mass is 10.1. The smallest absolute Gasteiger partial charge is 0.336 e. The maximum absolute atomic E-state index is 11.0. The van der Waals surface area contributed by atoms with E-state index in [-0.39, 0.29) is 10.7 Å². The molecule has 0 saturated carbocycles. The lowest BCUT2D eigenvalue weighted by molar-refractivity contribution is -0.109. The molecule has 0 aliphatic rings. The number of carbonyl (C=O) groups is 2. The third-order valence-corrected chi connectivity index (χ3v) is 2.94. The Labute approximate surface area is 110 Å². The van der Waals surface area contributed by atoms with Crippen LogP contribution in [0.5, 0.6) is 5.75 Å². The van der Waals surface area contributed by atoms with Crippen LogP contribution in [-0.4, -0.2) is 29.1 Å². The van der Waals surface area contributed by atoms with E-state index in [2.05, 4.69) is 0 Å². The van der Waals surface area contributed by atoms with E-state index in [1.807, 2.05) is 0 Å². The van der Waals surface area contributed by atoms with Gasteiger partial charge in [-0.05, 0) is 23.8 Å². The molecule has 0 spiro atoms. The summed E-state index contributed by atoms with van der Waals surface area (Å²) in [4.78, 5) is 21.8. The van der Waals surface area contributed by atoms with Crippen LogP contribution in [0.2, 0.25) is 0 Å². The van der Waals surface area contributed by atoms with Gasteiger partial charge in [0.05, 0.1) is 12.7 Å². The highest BCUT2D eigenvalue weighted by atomic mass is 32.2. The monoisotopic (exact) mass is 266 g/mol. The van der Waals surface area contributed by atoms with Gasteiger partial charge in [-0.3, -0.25) is 4.79 Å². The number of aromatic carboxylic acids is 1. The molecule has 0 bridgehead atoms. The molecule has 0 aromatic heterocycles. The van der Waals surface area contributed by atoms with Crippen LogP contribution in [0.4, 0.5) is 0 Å². The Morgan fingerprint density at radius 2 is 2.17 bits per heavy atom. The molecule has 1 N–H and O–H groups in total. The third-order valence-electron chi connectivity index (χ3n) is 2.17. The summed E-state index contributed by atoms with van der Waals surface area (Å²) in [5.74, 6) is 0.126. The summed E-state index contributed by atoms with van der Waals surface area (Å²) < 4.78 is 5.05. The van der Waals surface area contributed by atoms with Crippen LogP contribution in [0.1, 0.15) is 22.8 Å². The molecule has 1 aromatic carbocycles. The van der Waals surface area contributed by atoms with Crippen molar-refractivity contribution in [2.24, 2.45) is 0 Å². The van der Waals surface area contributed by atoms with Gasteiger partial charge in [-0.15, -0.1) is 0 Å². The molecule has 18 heavy (non-hydrogen) atoms. The summed E-state index contributed by atoms with van der Waals surface area (Å²) in [7, 11) is 1.52. The molecule has 0 amide bonds. The van der Waals surface area contributed by atoms with Crippen LogP contribution in [-0.2, 0) is 4.79 Å². The van der Waals surface area contributed by atoms with Crippen molar-refractivity contribution in [3.63, 3.8) is 0 Å². The van der Waals surface area contributed by atoms with Gasteiger partial charge in [-0.2, -0.15) is 0 Å². The zero-order valence-electron chi connectivity index (χ0n) is 10.2. The largest absolute Gasteiger partial charge is 0.497 e. The van der Waals surface area contributed by atoms with Gasteiger partial charge < -0.3 is 9.84 Å². The number of carboxylic acids is 1. The fourth-order valence-electron chi connectivity index (χ4n) is 1.34. The predicted molar refractivity (Wildman–Crippen MR) is 72.1 cm³/mol. The van der Waals surface area contributed by atoms with Crippen LogP contribution in [0, 0.1) is 0 Å². The zero-order valence-corrected chi connectivity index (χ0v) is 11.0. The summed E-state index contributed by atoms with van der Waals surface area (Å²) in [6.45, 7) is 1.49. The Morgan fingerprint density at radius 1 is 1.44 bits per heavy atom. The Balaban J connectivity index is 2.90. The molecule has 5 heteroatoms. The highest BCUT2D eigenvalue weighted by Gasteiger charge is 2.08. The number of hydrogen-bond donors (Lipinski definition) is 1. The molecular formula is C13H14O4S. The summed E-state index contributed by atoms with van der Waals surface area (Å²) in [5, 5.41) is 9.07. The van der Waals surface area contributed by atoms with Gasteiger partial charge >= 0.3 is 5.97 Å². The van der Waals surface area contributed by atoms with Crippen molar-refractivity contribution in [2.75, 3.05) is 12.9 Å². The van der Waals surface area contributed by atoms with E-state index in [9.17, 15) is 9.59 Å². The van der Waals surface area contributed by atoms with E-state index < -0.39 is 5.97 Å². The zero-order chi connectivity index (χ0) is 13.5. The van der Waals surface area contributed by atoms with Crippen molar-refractivity contribution in [2.45, 2.75) is 6.92 Å². The lowest BCUT2D eigenvalue weighted by Gasteiger charge is -2.04. The van der Waals surface area contributed by atoms with Crippen molar-refractivity contribution < 1.29 is 19.4 Å². The van der Waals surface area contributed by atoms with E-state index in [0.29, 0.717) is 17.1 Å². The van der Waals surface area contributed by atoms with E-state index in [1.54, 1.807) is 24.3 Å². The second-order valence-electron chi connectivity index (χ2n) is 3.46. The average molecular weight is 266 g/mol. The van der Waals surface area contributed by atoms with Crippen molar-refractivity contribution in [1.29, 1.82) is 0 Å². The van der Waals surface area contributed by atoms with E-state index in [1.165, 1.54) is 31.9 Å². The Kier molecular flexibility index (Phi) is 5.45. The Bertz CT molecular complexity index is 480. The minimum atomic E-state index is -0.989. The number of ether oxygens (including phenoxy) is 1. The topological polar surface area (TPSA) is 63.6 Å². The second-order valence-corrected chi connectivity index (χ2v) is 4.66. The number of benzene rings is 1. The SMILES string of the molecule is COc1ccc(C(=O)O)c(C=CCSC(C)=O)c1. The number of carboxylic acid groups (broad SMARTS) is 1. The molecule has 0 saturated heterocycles. The first-order valence-corrected chi connectivity index (χ1v) is 6.24. The Hall–Kier alpha value is -1.75. The number of methoxy groups -OCH3 is 1. The molecule has 0 aliphatic heterocycles. The first-order chi connectivity index (χ1) is 8.54. The highest BCUT2D eigenvalue weighted by Crippen LogP contribution is 2.19. The normalized spacial score (nSPS) is 10.6. The molecule has 1 rings (SSSR count). The minimum Gasteiger partial charge on any atom is -0.497 e.